The highest BCUT2D eigenvalue weighted by molar-refractivity contribution is 7.92. The number of methoxy groups -OCH3 is 2. The molecule has 1 aromatic heterocycles. The van der Waals surface area contributed by atoms with Crippen LogP contribution in [0.3, 0.4) is 0 Å². The Balaban J connectivity index is 1.81. The summed E-state index contributed by atoms with van der Waals surface area (Å²) in [5.74, 6) is 1.08. The standard InChI is InChI=1S/C31H45N5O5S/c1-6-7-11-29(36-16-18-41-19-17-36)33-30(25-20-28(34-42(5,37)38)31(40-4)32-21-25)27-10-8-9-24(23(27)2)22-35-14-12-26(39-3)13-15-35/h8-11,20-21,26,34H,6-7,12-19,22H2,1-5H3/b29-11-,33-30-. The number of nitrogens with zero attached hydrogens (tertiary/aromatic N) is 4. The molecule has 10 nitrogen and oxygen atoms in total. The minimum Gasteiger partial charge on any atom is -0.480 e. The molecule has 230 valence electrons. The maximum absolute atomic E-state index is 12.2. The molecule has 0 spiro atoms. The minimum absolute atomic E-state index is 0.198. The highest BCUT2D eigenvalue weighted by Crippen LogP contribution is 2.28. The van der Waals surface area contributed by atoms with Gasteiger partial charge in [-0.05, 0) is 49.5 Å². The normalized spacial score (nSPS) is 17.9. The molecule has 0 bridgehead atoms. The first-order valence-electron chi connectivity index (χ1n) is 14.7. The fraction of sp³-hybridized carbons (Fsp3) is 0.548. The lowest BCUT2D eigenvalue weighted by Crippen LogP contribution is -2.36. The maximum atomic E-state index is 12.2. The van der Waals surface area contributed by atoms with Crippen molar-refractivity contribution in [1.82, 2.24) is 14.8 Å². The number of hydrogen-bond donors (Lipinski definition) is 1. The van der Waals surface area contributed by atoms with Crippen LogP contribution in [0.25, 0.3) is 0 Å². The molecule has 1 N–H and O–H groups in total. The molecule has 0 unspecified atom stereocenters. The zero-order valence-corrected chi connectivity index (χ0v) is 26.4. The van der Waals surface area contributed by atoms with E-state index in [1.54, 1.807) is 19.4 Å². The Labute approximate surface area is 250 Å². The Bertz CT molecular complexity index is 1360. The lowest BCUT2D eigenvalue weighted by Gasteiger charge is -2.32. The summed E-state index contributed by atoms with van der Waals surface area (Å²) in [4.78, 5) is 14.5. The number of benzene rings is 1. The average molecular weight is 600 g/mol. The molecule has 1 aromatic carbocycles. The summed E-state index contributed by atoms with van der Waals surface area (Å²) >= 11 is 0. The number of unbranched alkanes of at least 4 members (excludes halogenated alkanes) is 1. The highest BCUT2D eigenvalue weighted by Gasteiger charge is 2.22. The van der Waals surface area contributed by atoms with Crippen LogP contribution in [0.15, 0.2) is 47.4 Å². The van der Waals surface area contributed by atoms with E-state index < -0.39 is 10.0 Å². The molecule has 11 heteroatoms. The number of ether oxygens (including phenoxy) is 3. The second-order valence-electron chi connectivity index (χ2n) is 10.9. The number of piperidine rings is 1. The van der Waals surface area contributed by atoms with E-state index in [1.165, 1.54) is 12.7 Å². The van der Waals surface area contributed by atoms with Crippen molar-refractivity contribution in [2.75, 3.05) is 64.6 Å². The van der Waals surface area contributed by atoms with Crippen LogP contribution in [0.5, 0.6) is 5.88 Å². The predicted molar refractivity (Wildman–Crippen MR) is 167 cm³/mol. The molecule has 0 saturated carbocycles. The van der Waals surface area contributed by atoms with Gasteiger partial charge in [0, 0.05) is 57.2 Å². The van der Waals surface area contributed by atoms with E-state index in [2.05, 4.69) is 57.6 Å². The van der Waals surface area contributed by atoms with Crippen LogP contribution in [0, 0.1) is 6.92 Å². The number of sulfonamides is 1. The quantitative estimate of drug-likeness (QED) is 0.362. The van der Waals surface area contributed by atoms with Gasteiger partial charge in [0.2, 0.25) is 15.9 Å². The number of pyridine rings is 1. The first kappa shape index (κ1) is 31.9. The van der Waals surface area contributed by atoms with Crippen molar-refractivity contribution in [2.24, 2.45) is 4.99 Å². The monoisotopic (exact) mass is 599 g/mol. The predicted octanol–water partition coefficient (Wildman–Crippen LogP) is 4.19. The zero-order valence-electron chi connectivity index (χ0n) is 25.6. The summed E-state index contributed by atoms with van der Waals surface area (Å²) in [5.41, 5.74) is 5.04. The molecule has 4 rings (SSSR count). The Morgan fingerprint density at radius 2 is 1.93 bits per heavy atom. The van der Waals surface area contributed by atoms with Gasteiger partial charge in [-0.25, -0.2) is 18.4 Å². The number of rotatable bonds is 12. The van der Waals surface area contributed by atoms with Crippen LogP contribution >= 0.6 is 0 Å². The van der Waals surface area contributed by atoms with Gasteiger partial charge in [0.15, 0.2) is 0 Å². The van der Waals surface area contributed by atoms with E-state index in [0.29, 0.717) is 24.9 Å². The molecular weight excluding hydrogens is 554 g/mol. The molecule has 0 aliphatic carbocycles. The van der Waals surface area contributed by atoms with E-state index in [1.807, 2.05) is 0 Å². The number of aliphatic imine (C=N–C) groups is 1. The molecule has 0 radical (unpaired) electrons. The Morgan fingerprint density at radius 1 is 1.19 bits per heavy atom. The van der Waals surface area contributed by atoms with Crippen LogP contribution in [-0.4, -0.2) is 94.9 Å². The van der Waals surface area contributed by atoms with Gasteiger partial charge < -0.3 is 19.1 Å². The maximum Gasteiger partial charge on any atom is 0.238 e. The first-order valence-corrected chi connectivity index (χ1v) is 16.6. The Kier molecular flexibility index (Phi) is 11.4. The van der Waals surface area contributed by atoms with E-state index in [4.69, 9.17) is 19.2 Å². The molecular formula is C31H45N5O5S. The zero-order chi connectivity index (χ0) is 30.1. The third-order valence-electron chi connectivity index (χ3n) is 7.75. The number of morpholine rings is 1. The number of likely N-dealkylation sites (tertiary alicyclic amines) is 1. The number of anilines is 1. The Hall–Kier alpha value is -2.99. The van der Waals surface area contributed by atoms with Crippen LogP contribution in [0.4, 0.5) is 5.69 Å². The van der Waals surface area contributed by atoms with Gasteiger partial charge in [-0.3, -0.25) is 9.62 Å². The van der Waals surface area contributed by atoms with Crippen molar-refractivity contribution in [1.29, 1.82) is 0 Å². The third-order valence-corrected chi connectivity index (χ3v) is 8.34. The van der Waals surface area contributed by atoms with Gasteiger partial charge in [-0.15, -0.1) is 0 Å². The van der Waals surface area contributed by atoms with E-state index >= 15 is 0 Å². The summed E-state index contributed by atoms with van der Waals surface area (Å²) < 4.78 is 43.5. The van der Waals surface area contributed by atoms with Crippen molar-refractivity contribution in [2.45, 2.75) is 52.2 Å². The number of allylic oxidation sites excluding steroid dienone is 1. The molecule has 0 amide bonds. The molecule has 2 aromatic rings. The molecule has 42 heavy (non-hydrogen) atoms. The second-order valence-corrected chi connectivity index (χ2v) is 12.6. The Morgan fingerprint density at radius 3 is 2.57 bits per heavy atom. The minimum atomic E-state index is -3.56. The fourth-order valence-corrected chi connectivity index (χ4v) is 5.92. The van der Waals surface area contributed by atoms with Crippen molar-refractivity contribution in [3.05, 3.63) is 64.6 Å². The van der Waals surface area contributed by atoms with Crippen molar-refractivity contribution >= 4 is 21.4 Å². The highest BCUT2D eigenvalue weighted by atomic mass is 32.2. The van der Waals surface area contributed by atoms with E-state index in [-0.39, 0.29) is 11.6 Å². The lowest BCUT2D eigenvalue weighted by atomic mass is 9.94. The van der Waals surface area contributed by atoms with Crippen molar-refractivity contribution < 1.29 is 22.6 Å². The number of nitrogens with one attached hydrogen (secondary N) is 1. The smallest absolute Gasteiger partial charge is 0.238 e. The van der Waals surface area contributed by atoms with E-state index in [0.717, 1.165) is 87.3 Å². The lowest BCUT2D eigenvalue weighted by molar-refractivity contribution is 0.0388. The van der Waals surface area contributed by atoms with Crippen LogP contribution < -0.4 is 9.46 Å². The van der Waals surface area contributed by atoms with Crippen LogP contribution in [-0.2, 0) is 26.0 Å². The van der Waals surface area contributed by atoms with Gasteiger partial charge in [-0.2, -0.15) is 0 Å². The molecule has 2 aliphatic rings. The molecule has 0 atom stereocenters. The molecule has 2 fully saturated rings. The van der Waals surface area contributed by atoms with Gasteiger partial charge >= 0.3 is 0 Å². The summed E-state index contributed by atoms with van der Waals surface area (Å²) in [6.07, 6.45) is 9.27. The topological polar surface area (TPSA) is 106 Å². The van der Waals surface area contributed by atoms with Crippen molar-refractivity contribution in [3.63, 3.8) is 0 Å². The van der Waals surface area contributed by atoms with Gasteiger partial charge in [0.25, 0.3) is 0 Å². The van der Waals surface area contributed by atoms with E-state index in [9.17, 15) is 8.42 Å². The van der Waals surface area contributed by atoms with Crippen molar-refractivity contribution in [3.8, 4) is 5.88 Å². The average Bonchev–Trinajstić information content (AvgIpc) is 2.99. The van der Waals surface area contributed by atoms with Gasteiger partial charge in [0.1, 0.15) is 11.5 Å². The SMILES string of the molecule is CCC/C=C(/N=C(/c1cnc(OC)c(NS(C)(=O)=O)c1)c1cccc(CN2CCC(OC)CC2)c1C)N1CCOCC1. The summed E-state index contributed by atoms with van der Waals surface area (Å²) in [5, 5.41) is 0. The fourth-order valence-electron chi connectivity index (χ4n) is 5.38. The second kappa shape index (κ2) is 15.0. The van der Waals surface area contributed by atoms with Gasteiger partial charge in [0.05, 0.1) is 38.4 Å². The van der Waals surface area contributed by atoms with Crippen LogP contribution in [0.2, 0.25) is 0 Å². The number of aromatic nitrogens is 1. The third kappa shape index (κ3) is 8.53. The van der Waals surface area contributed by atoms with Crippen LogP contribution in [0.1, 0.15) is 54.9 Å². The molecule has 3 heterocycles. The summed E-state index contributed by atoms with van der Waals surface area (Å²) in [6.45, 7) is 9.92. The largest absolute Gasteiger partial charge is 0.480 e. The first-order chi connectivity index (χ1) is 20.2. The summed E-state index contributed by atoms with van der Waals surface area (Å²) in [6, 6.07) is 8.09. The molecule has 2 saturated heterocycles. The number of hydrogen-bond acceptors (Lipinski definition) is 9. The molecule has 2 aliphatic heterocycles. The summed E-state index contributed by atoms with van der Waals surface area (Å²) in [7, 11) is -0.303. The van der Waals surface area contributed by atoms with Gasteiger partial charge in [-0.1, -0.05) is 31.5 Å².